The van der Waals surface area contributed by atoms with Gasteiger partial charge in [-0.3, -0.25) is 4.79 Å². The van der Waals surface area contributed by atoms with Crippen LogP contribution in [-0.4, -0.2) is 56.3 Å². The SMILES string of the molecule is COCc1c(C(=O)N[C@@H]2CN(S(C)(=O)=O)C[C@H]2C(C)C)noc1C. The lowest BCUT2D eigenvalue weighted by molar-refractivity contribution is 0.0912. The number of amides is 1. The second kappa shape index (κ2) is 7.20. The quantitative estimate of drug-likeness (QED) is 0.805. The number of aromatic nitrogens is 1. The van der Waals surface area contributed by atoms with Crippen LogP contribution < -0.4 is 5.32 Å². The zero-order valence-corrected chi connectivity index (χ0v) is 15.5. The number of sulfonamides is 1. The third kappa shape index (κ3) is 3.96. The first-order chi connectivity index (χ1) is 11.1. The summed E-state index contributed by atoms with van der Waals surface area (Å²) in [5.41, 5.74) is 0.795. The van der Waals surface area contributed by atoms with E-state index in [4.69, 9.17) is 9.26 Å². The molecule has 136 valence electrons. The van der Waals surface area contributed by atoms with Crippen molar-refractivity contribution in [3.05, 3.63) is 17.0 Å². The predicted molar refractivity (Wildman–Crippen MR) is 88.0 cm³/mol. The molecule has 0 saturated carbocycles. The zero-order chi connectivity index (χ0) is 18.1. The lowest BCUT2D eigenvalue weighted by Gasteiger charge is -2.22. The van der Waals surface area contributed by atoms with Crippen molar-refractivity contribution < 1.29 is 22.5 Å². The van der Waals surface area contributed by atoms with E-state index >= 15 is 0 Å². The highest BCUT2D eigenvalue weighted by atomic mass is 32.2. The van der Waals surface area contributed by atoms with E-state index in [0.29, 0.717) is 17.9 Å². The van der Waals surface area contributed by atoms with E-state index in [9.17, 15) is 13.2 Å². The Bertz CT molecular complexity index is 698. The molecular weight excluding hydrogens is 334 g/mol. The standard InChI is InChI=1S/C15H25N3O5S/c1-9(2)11-6-18(24(5,20)21)7-13(11)16-15(19)14-12(8-22-4)10(3)23-17-14/h9,11,13H,6-8H2,1-5H3,(H,16,19)/t11-,13+/m0/s1. The zero-order valence-electron chi connectivity index (χ0n) is 14.7. The lowest BCUT2D eigenvalue weighted by atomic mass is 9.91. The molecule has 2 atom stereocenters. The minimum Gasteiger partial charge on any atom is -0.380 e. The van der Waals surface area contributed by atoms with E-state index < -0.39 is 10.0 Å². The Morgan fingerprint density at radius 1 is 1.46 bits per heavy atom. The molecule has 1 aliphatic heterocycles. The maximum Gasteiger partial charge on any atom is 0.274 e. The first kappa shape index (κ1) is 18.9. The molecule has 0 aromatic carbocycles. The number of hydrogen-bond acceptors (Lipinski definition) is 6. The molecule has 1 fully saturated rings. The van der Waals surface area contributed by atoms with Gasteiger partial charge in [-0.05, 0) is 18.8 Å². The van der Waals surface area contributed by atoms with Gasteiger partial charge in [0.05, 0.1) is 18.4 Å². The van der Waals surface area contributed by atoms with Crippen LogP contribution in [0.25, 0.3) is 0 Å². The molecule has 9 heteroatoms. The number of ether oxygens (including phenoxy) is 1. The van der Waals surface area contributed by atoms with Gasteiger partial charge in [0.25, 0.3) is 5.91 Å². The number of aryl methyl sites for hydroxylation is 1. The molecule has 8 nitrogen and oxygen atoms in total. The fourth-order valence-corrected chi connectivity index (χ4v) is 3.89. The second-order valence-corrected chi connectivity index (χ2v) is 8.55. The summed E-state index contributed by atoms with van der Waals surface area (Å²) >= 11 is 0. The van der Waals surface area contributed by atoms with E-state index in [1.54, 1.807) is 6.92 Å². The Morgan fingerprint density at radius 3 is 2.67 bits per heavy atom. The molecule has 0 aliphatic carbocycles. The third-order valence-corrected chi connectivity index (χ3v) is 5.70. The van der Waals surface area contributed by atoms with Gasteiger partial charge >= 0.3 is 0 Å². The molecule has 1 aromatic heterocycles. The normalized spacial score (nSPS) is 22.2. The first-order valence-electron chi connectivity index (χ1n) is 7.85. The number of methoxy groups -OCH3 is 1. The maximum atomic E-state index is 12.6. The molecule has 0 bridgehead atoms. The van der Waals surface area contributed by atoms with Crippen LogP contribution in [0.1, 0.15) is 35.7 Å². The molecule has 1 saturated heterocycles. The van der Waals surface area contributed by atoms with Crippen LogP contribution in [0.5, 0.6) is 0 Å². The Labute approximate surface area is 142 Å². The molecule has 0 unspecified atom stereocenters. The second-order valence-electron chi connectivity index (χ2n) is 6.57. The Kier molecular flexibility index (Phi) is 5.67. The van der Waals surface area contributed by atoms with Gasteiger partial charge in [0, 0.05) is 26.2 Å². The summed E-state index contributed by atoms with van der Waals surface area (Å²) in [6.07, 6.45) is 1.19. The van der Waals surface area contributed by atoms with Crippen LogP contribution in [-0.2, 0) is 21.4 Å². The molecule has 1 amide bonds. The Morgan fingerprint density at radius 2 is 2.12 bits per heavy atom. The van der Waals surface area contributed by atoms with Crippen LogP contribution in [0.3, 0.4) is 0 Å². The highest BCUT2D eigenvalue weighted by Gasteiger charge is 2.39. The van der Waals surface area contributed by atoms with Crippen LogP contribution in [0.2, 0.25) is 0 Å². The van der Waals surface area contributed by atoms with Gasteiger partial charge in [-0.15, -0.1) is 0 Å². The van der Waals surface area contributed by atoms with Crippen LogP contribution in [0.15, 0.2) is 4.52 Å². The van der Waals surface area contributed by atoms with E-state index in [1.165, 1.54) is 17.7 Å². The average Bonchev–Trinajstić information content (AvgIpc) is 3.04. The molecule has 1 N–H and O–H groups in total. The molecule has 24 heavy (non-hydrogen) atoms. The Hall–Kier alpha value is -1.45. The van der Waals surface area contributed by atoms with Gasteiger partial charge in [-0.1, -0.05) is 19.0 Å². The summed E-state index contributed by atoms with van der Waals surface area (Å²) in [6.45, 7) is 6.66. The van der Waals surface area contributed by atoms with Crippen molar-refractivity contribution in [1.29, 1.82) is 0 Å². The number of hydrogen-bond donors (Lipinski definition) is 1. The third-order valence-electron chi connectivity index (χ3n) is 4.46. The molecule has 2 heterocycles. The maximum absolute atomic E-state index is 12.6. The van der Waals surface area contributed by atoms with Gasteiger partial charge in [-0.25, -0.2) is 8.42 Å². The van der Waals surface area contributed by atoms with Crippen molar-refractivity contribution in [3.63, 3.8) is 0 Å². The highest BCUT2D eigenvalue weighted by Crippen LogP contribution is 2.26. The molecule has 2 rings (SSSR count). The number of carbonyl (C=O) groups is 1. The summed E-state index contributed by atoms with van der Waals surface area (Å²) < 4.78 is 35.2. The lowest BCUT2D eigenvalue weighted by Crippen LogP contribution is -2.42. The smallest absolute Gasteiger partial charge is 0.274 e. The number of carbonyl (C=O) groups excluding carboxylic acids is 1. The van der Waals surface area contributed by atoms with E-state index in [1.807, 2.05) is 13.8 Å². The monoisotopic (exact) mass is 359 g/mol. The van der Waals surface area contributed by atoms with Crippen molar-refractivity contribution in [2.75, 3.05) is 26.5 Å². The van der Waals surface area contributed by atoms with Crippen molar-refractivity contribution in [2.24, 2.45) is 11.8 Å². The van der Waals surface area contributed by atoms with Gasteiger partial charge in [0.2, 0.25) is 10.0 Å². The Balaban J connectivity index is 2.18. The molecule has 0 radical (unpaired) electrons. The van der Waals surface area contributed by atoms with Gasteiger partial charge in [0.1, 0.15) is 5.76 Å². The summed E-state index contributed by atoms with van der Waals surface area (Å²) in [4.78, 5) is 12.6. The molecular formula is C15H25N3O5S. The number of rotatable bonds is 6. The largest absolute Gasteiger partial charge is 0.380 e. The van der Waals surface area contributed by atoms with Crippen molar-refractivity contribution in [3.8, 4) is 0 Å². The fraction of sp³-hybridized carbons (Fsp3) is 0.733. The summed E-state index contributed by atoms with van der Waals surface area (Å²) in [5.74, 6) is 0.443. The average molecular weight is 359 g/mol. The van der Waals surface area contributed by atoms with E-state index in [0.717, 1.165) is 0 Å². The molecule has 1 aliphatic rings. The van der Waals surface area contributed by atoms with E-state index in [-0.39, 0.29) is 42.6 Å². The topological polar surface area (TPSA) is 102 Å². The molecule has 0 spiro atoms. The number of nitrogens with zero attached hydrogens (tertiary/aromatic N) is 2. The summed E-state index contributed by atoms with van der Waals surface area (Å²) in [5, 5.41) is 6.73. The highest BCUT2D eigenvalue weighted by molar-refractivity contribution is 7.88. The van der Waals surface area contributed by atoms with Crippen molar-refractivity contribution >= 4 is 15.9 Å². The van der Waals surface area contributed by atoms with Crippen LogP contribution in [0.4, 0.5) is 0 Å². The first-order valence-corrected chi connectivity index (χ1v) is 9.70. The molecule has 1 aromatic rings. The van der Waals surface area contributed by atoms with Crippen molar-refractivity contribution in [1.82, 2.24) is 14.8 Å². The van der Waals surface area contributed by atoms with Gasteiger partial charge in [0.15, 0.2) is 5.69 Å². The van der Waals surface area contributed by atoms with Crippen molar-refractivity contribution in [2.45, 2.75) is 33.4 Å². The van der Waals surface area contributed by atoms with Gasteiger partial charge < -0.3 is 14.6 Å². The summed E-state index contributed by atoms with van der Waals surface area (Å²) in [7, 11) is -1.76. The summed E-state index contributed by atoms with van der Waals surface area (Å²) in [6, 6.07) is -0.264. The fourth-order valence-electron chi connectivity index (χ4n) is 3.01. The van der Waals surface area contributed by atoms with Crippen LogP contribution in [0, 0.1) is 18.8 Å². The minimum absolute atomic E-state index is 0.0440. The van der Waals surface area contributed by atoms with Gasteiger partial charge in [-0.2, -0.15) is 4.31 Å². The van der Waals surface area contributed by atoms with Crippen LogP contribution >= 0.6 is 0 Å². The minimum atomic E-state index is -3.29. The predicted octanol–water partition coefficient (Wildman–Crippen LogP) is 0.775. The van der Waals surface area contributed by atoms with E-state index in [2.05, 4.69) is 10.5 Å². The number of nitrogens with one attached hydrogen (secondary N) is 1.